The number of hydrogen-bond acceptors (Lipinski definition) is 4. The van der Waals surface area contributed by atoms with Crippen molar-refractivity contribution in [1.82, 2.24) is 9.88 Å². The molecule has 0 atom stereocenters. The van der Waals surface area contributed by atoms with Crippen LogP contribution in [0.25, 0.3) is 0 Å². The number of anilines is 1. The summed E-state index contributed by atoms with van der Waals surface area (Å²) in [6.45, 7) is 5.16. The molecule has 0 saturated carbocycles. The van der Waals surface area contributed by atoms with Gasteiger partial charge in [0.2, 0.25) is 0 Å². The molecular weight excluding hydrogens is 304 g/mol. The summed E-state index contributed by atoms with van der Waals surface area (Å²) in [5, 5.41) is 0. The zero-order chi connectivity index (χ0) is 16.1. The molecule has 0 spiro atoms. The summed E-state index contributed by atoms with van der Waals surface area (Å²) >= 11 is 4.95. The van der Waals surface area contributed by atoms with Gasteiger partial charge in [-0.1, -0.05) is 42.5 Å². The molecule has 0 amide bonds. The van der Waals surface area contributed by atoms with Crippen molar-refractivity contribution in [3.05, 3.63) is 59.8 Å². The van der Waals surface area contributed by atoms with E-state index in [2.05, 4.69) is 45.1 Å². The first-order chi connectivity index (χ1) is 11.2. The summed E-state index contributed by atoms with van der Waals surface area (Å²) in [6, 6.07) is 14.7. The van der Waals surface area contributed by atoms with E-state index in [1.54, 1.807) is 0 Å². The molecule has 1 aromatic carbocycles. The maximum Gasteiger partial charge on any atom is 0.128 e. The van der Waals surface area contributed by atoms with Gasteiger partial charge in [0, 0.05) is 45.3 Å². The fourth-order valence-electron chi connectivity index (χ4n) is 2.90. The largest absolute Gasteiger partial charge is 0.393 e. The van der Waals surface area contributed by atoms with Crippen molar-refractivity contribution in [1.29, 1.82) is 0 Å². The number of piperazine rings is 1. The van der Waals surface area contributed by atoms with E-state index in [4.69, 9.17) is 18.0 Å². The van der Waals surface area contributed by atoms with Gasteiger partial charge >= 0.3 is 0 Å². The van der Waals surface area contributed by atoms with E-state index < -0.39 is 0 Å². The van der Waals surface area contributed by atoms with Crippen molar-refractivity contribution in [2.24, 2.45) is 5.73 Å². The van der Waals surface area contributed by atoms with Crippen LogP contribution >= 0.6 is 12.2 Å². The maximum absolute atomic E-state index is 5.59. The van der Waals surface area contributed by atoms with Crippen molar-refractivity contribution in [2.45, 2.75) is 13.0 Å². The summed E-state index contributed by atoms with van der Waals surface area (Å²) in [5.41, 5.74) is 8.10. The Labute approximate surface area is 142 Å². The second-order valence-electron chi connectivity index (χ2n) is 5.91. The fourth-order valence-corrected chi connectivity index (χ4v) is 3.06. The van der Waals surface area contributed by atoms with Crippen LogP contribution in [0.2, 0.25) is 0 Å². The van der Waals surface area contributed by atoms with Crippen LogP contribution < -0.4 is 10.6 Å². The quantitative estimate of drug-likeness (QED) is 0.854. The van der Waals surface area contributed by atoms with Gasteiger partial charge in [-0.3, -0.25) is 4.90 Å². The Morgan fingerprint density at radius 2 is 1.70 bits per heavy atom. The Morgan fingerprint density at radius 3 is 2.30 bits per heavy atom. The number of aromatic nitrogens is 1. The molecule has 0 aliphatic carbocycles. The van der Waals surface area contributed by atoms with Crippen LogP contribution in [-0.4, -0.2) is 41.1 Å². The lowest BCUT2D eigenvalue weighted by Crippen LogP contribution is -2.46. The Morgan fingerprint density at radius 1 is 1.00 bits per heavy atom. The minimum Gasteiger partial charge on any atom is -0.393 e. The SMILES string of the molecule is NC(=S)Cc1ccc(CN2CCN(c3ccccn3)CC2)cc1. The van der Waals surface area contributed by atoms with Crippen molar-refractivity contribution >= 4 is 23.0 Å². The predicted molar refractivity (Wildman–Crippen MR) is 98.7 cm³/mol. The Hall–Kier alpha value is -1.98. The van der Waals surface area contributed by atoms with Crippen LogP contribution in [0.15, 0.2) is 48.7 Å². The monoisotopic (exact) mass is 326 g/mol. The molecule has 0 unspecified atom stereocenters. The van der Waals surface area contributed by atoms with Gasteiger partial charge < -0.3 is 10.6 Å². The van der Waals surface area contributed by atoms with Gasteiger partial charge in [0.15, 0.2) is 0 Å². The lowest BCUT2D eigenvalue weighted by molar-refractivity contribution is 0.249. The number of rotatable bonds is 5. The van der Waals surface area contributed by atoms with Crippen molar-refractivity contribution < 1.29 is 0 Å². The summed E-state index contributed by atoms with van der Waals surface area (Å²) < 4.78 is 0. The van der Waals surface area contributed by atoms with Gasteiger partial charge in [0.05, 0.1) is 4.99 Å². The summed E-state index contributed by atoms with van der Waals surface area (Å²) in [6.07, 6.45) is 2.54. The highest BCUT2D eigenvalue weighted by Crippen LogP contribution is 2.15. The zero-order valence-electron chi connectivity index (χ0n) is 13.2. The Kier molecular flexibility index (Phi) is 5.20. The minimum atomic E-state index is 0.545. The number of nitrogens with zero attached hydrogens (tertiary/aromatic N) is 3. The van der Waals surface area contributed by atoms with Gasteiger partial charge in [-0.05, 0) is 23.3 Å². The normalized spacial score (nSPS) is 15.6. The third-order valence-electron chi connectivity index (χ3n) is 4.15. The molecule has 2 N–H and O–H groups in total. The zero-order valence-corrected chi connectivity index (χ0v) is 14.0. The van der Waals surface area contributed by atoms with Gasteiger partial charge in [-0.15, -0.1) is 0 Å². The average Bonchev–Trinajstić information content (AvgIpc) is 2.58. The number of hydrogen-bond donors (Lipinski definition) is 1. The summed E-state index contributed by atoms with van der Waals surface area (Å²) in [4.78, 5) is 9.81. The number of thiocarbonyl (C=S) groups is 1. The van der Waals surface area contributed by atoms with E-state index in [0.717, 1.165) is 38.5 Å². The van der Waals surface area contributed by atoms with Crippen LogP contribution in [0.1, 0.15) is 11.1 Å². The van der Waals surface area contributed by atoms with E-state index in [1.165, 1.54) is 11.1 Å². The lowest BCUT2D eigenvalue weighted by atomic mass is 10.1. The first-order valence-corrected chi connectivity index (χ1v) is 8.36. The van der Waals surface area contributed by atoms with E-state index in [9.17, 15) is 0 Å². The smallest absolute Gasteiger partial charge is 0.128 e. The van der Waals surface area contributed by atoms with E-state index in [-0.39, 0.29) is 0 Å². The minimum absolute atomic E-state index is 0.545. The van der Waals surface area contributed by atoms with Gasteiger partial charge in [-0.25, -0.2) is 4.98 Å². The first-order valence-electron chi connectivity index (χ1n) is 7.95. The highest BCUT2D eigenvalue weighted by atomic mass is 32.1. The number of nitrogens with two attached hydrogens (primary N) is 1. The standard InChI is InChI=1S/C18H22N4S/c19-17(23)13-15-4-6-16(7-5-15)14-21-9-11-22(12-10-21)18-3-1-2-8-20-18/h1-8H,9-14H2,(H2,19,23). The second-order valence-corrected chi connectivity index (χ2v) is 6.44. The van der Waals surface area contributed by atoms with Gasteiger partial charge in [0.25, 0.3) is 0 Å². The topological polar surface area (TPSA) is 45.4 Å². The summed E-state index contributed by atoms with van der Waals surface area (Å²) in [7, 11) is 0. The van der Waals surface area contributed by atoms with Crippen LogP contribution in [0.5, 0.6) is 0 Å². The van der Waals surface area contributed by atoms with E-state index in [0.29, 0.717) is 11.4 Å². The Balaban J connectivity index is 1.51. The van der Waals surface area contributed by atoms with Crippen LogP contribution in [-0.2, 0) is 13.0 Å². The van der Waals surface area contributed by atoms with Gasteiger partial charge in [0.1, 0.15) is 5.82 Å². The van der Waals surface area contributed by atoms with Gasteiger partial charge in [-0.2, -0.15) is 0 Å². The number of benzene rings is 1. The molecule has 23 heavy (non-hydrogen) atoms. The predicted octanol–water partition coefficient (Wildman–Crippen LogP) is 2.23. The summed E-state index contributed by atoms with van der Waals surface area (Å²) in [5.74, 6) is 1.08. The number of pyridine rings is 1. The van der Waals surface area contributed by atoms with Crippen molar-refractivity contribution in [2.75, 3.05) is 31.1 Å². The molecule has 1 aromatic heterocycles. The molecule has 2 aromatic rings. The fraction of sp³-hybridized carbons (Fsp3) is 0.333. The maximum atomic E-state index is 5.59. The average molecular weight is 326 g/mol. The van der Waals surface area contributed by atoms with E-state index in [1.807, 2.05) is 18.3 Å². The van der Waals surface area contributed by atoms with Crippen LogP contribution in [0, 0.1) is 0 Å². The third kappa shape index (κ3) is 4.50. The molecule has 0 bridgehead atoms. The molecular formula is C18H22N4S. The van der Waals surface area contributed by atoms with Crippen LogP contribution in [0.4, 0.5) is 5.82 Å². The second kappa shape index (κ2) is 7.53. The van der Waals surface area contributed by atoms with Crippen molar-refractivity contribution in [3.8, 4) is 0 Å². The van der Waals surface area contributed by atoms with Crippen molar-refractivity contribution in [3.63, 3.8) is 0 Å². The molecule has 0 radical (unpaired) electrons. The molecule has 3 rings (SSSR count). The molecule has 1 fully saturated rings. The molecule has 1 saturated heterocycles. The highest BCUT2D eigenvalue weighted by Gasteiger charge is 2.17. The molecule has 120 valence electrons. The lowest BCUT2D eigenvalue weighted by Gasteiger charge is -2.35. The van der Waals surface area contributed by atoms with E-state index >= 15 is 0 Å². The molecule has 2 heterocycles. The third-order valence-corrected chi connectivity index (χ3v) is 4.30. The molecule has 5 heteroatoms. The molecule has 1 aliphatic rings. The molecule has 4 nitrogen and oxygen atoms in total. The first kappa shape index (κ1) is 15.9. The Bertz CT molecular complexity index is 634. The highest BCUT2D eigenvalue weighted by molar-refractivity contribution is 7.80. The van der Waals surface area contributed by atoms with Crippen LogP contribution in [0.3, 0.4) is 0 Å². The molecule has 1 aliphatic heterocycles.